The molecule has 2 aromatic carbocycles. The van der Waals surface area contributed by atoms with Crippen LogP contribution in [0, 0.1) is 0 Å². The SMILES string of the molecule is OCCOc1ccc(-c2c(-c3ccccc3)ncn2CCc2cccnc2)cc1. The van der Waals surface area contributed by atoms with Gasteiger partial charge in [-0.05, 0) is 42.3 Å². The van der Waals surface area contributed by atoms with Gasteiger partial charge in [0, 0.05) is 30.1 Å². The minimum Gasteiger partial charge on any atom is -0.491 e. The maximum atomic E-state index is 8.94. The average Bonchev–Trinajstić information content (AvgIpc) is 3.22. The van der Waals surface area contributed by atoms with Crippen molar-refractivity contribution in [2.24, 2.45) is 0 Å². The van der Waals surface area contributed by atoms with Crippen molar-refractivity contribution in [3.05, 3.63) is 91.0 Å². The molecule has 0 bridgehead atoms. The number of aromatic nitrogens is 3. The van der Waals surface area contributed by atoms with Crippen molar-refractivity contribution in [1.29, 1.82) is 0 Å². The molecule has 0 saturated carbocycles. The molecular formula is C24H23N3O2. The Hall–Kier alpha value is -3.44. The quantitative estimate of drug-likeness (QED) is 0.493. The molecule has 0 fully saturated rings. The molecule has 146 valence electrons. The molecule has 4 aromatic rings. The van der Waals surface area contributed by atoms with Crippen LogP contribution < -0.4 is 4.74 Å². The molecule has 0 spiro atoms. The normalized spacial score (nSPS) is 10.8. The molecular weight excluding hydrogens is 362 g/mol. The van der Waals surface area contributed by atoms with E-state index < -0.39 is 0 Å². The fourth-order valence-corrected chi connectivity index (χ4v) is 3.33. The number of ether oxygens (including phenoxy) is 1. The summed E-state index contributed by atoms with van der Waals surface area (Å²) in [5, 5.41) is 8.94. The van der Waals surface area contributed by atoms with Crippen molar-refractivity contribution < 1.29 is 9.84 Å². The van der Waals surface area contributed by atoms with Gasteiger partial charge in [-0.2, -0.15) is 0 Å². The molecule has 2 heterocycles. The fraction of sp³-hybridized carbons (Fsp3) is 0.167. The van der Waals surface area contributed by atoms with Gasteiger partial charge in [0.25, 0.3) is 0 Å². The van der Waals surface area contributed by atoms with Gasteiger partial charge in [0.1, 0.15) is 12.4 Å². The summed E-state index contributed by atoms with van der Waals surface area (Å²) in [6, 6.07) is 22.2. The third kappa shape index (κ3) is 4.52. The molecule has 29 heavy (non-hydrogen) atoms. The topological polar surface area (TPSA) is 60.2 Å². The first-order valence-corrected chi connectivity index (χ1v) is 9.68. The average molecular weight is 385 g/mol. The van der Waals surface area contributed by atoms with Gasteiger partial charge in [-0.25, -0.2) is 4.98 Å². The van der Waals surface area contributed by atoms with Crippen LogP contribution in [0.15, 0.2) is 85.5 Å². The van der Waals surface area contributed by atoms with E-state index in [1.54, 1.807) is 6.20 Å². The van der Waals surface area contributed by atoms with Crippen molar-refractivity contribution in [2.75, 3.05) is 13.2 Å². The summed E-state index contributed by atoms with van der Waals surface area (Å²) in [6.45, 7) is 1.10. The first kappa shape index (κ1) is 18.9. The fourth-order valence-electron chi connectivity index (χ4n) is 3.33. The lowest BCUT2D eigenvalue weighted by molar-refractivity contribution is 0.201. The van der Waals surface area contributed by atoms with Crippen molar-refractivity contribution in [2.45, 2.75) is 13.0 Å². The number of aliphatic hydroxyl groups is 1. The highest BCUT2D eigenvalue weighted by Crippen LogP contribution is 2.32. The number of aliphatic hydroxyl groups excluding tert-OH is 1. The minimum absolute atomic E-state index is 0.00101. The van der Waals surface area contributed by atoms with Crippen LogP contribution in [0.1, 0.15) is 5.56 Å². The lowest BCUT2D eigenvalue weighted by Crippen LogP contribution is -2.03. The summed E-state index contributed by atoms with van der Waals surface area (Å²) in [7, 11) is 0. The number of rotatable bonds is 8. The molecule has 0 radical (unpaired) electrons. The van der Waals surface area contributed by atoms with Crippen LogP contribution in [0.5, 0.6) is 5.75 Å². The highest BCUT2D eigenvalue weighted by atomic mass is 16.5. The lowest BCUT2D eigenvalue weighted by Gasteiger charge is -2.12. The minimum atomic E-state index is 0.00101. The van der Waals surface area contributed by atoms with Crippen molar-refractivity contribution >= 4 is 0 Å². The number of imidazole rings is 1. The van der Waals surface area contributed by atoms with Gasteiger partial charge in [-0.15, -0.1) is 0 Å². The molecule has 5 heteroatoms. The Balaban J connectivity index is 1.68. The number of pyridine rings is 1. The van der Waals surface area contributed by atoms with Crippen LogP contribution in [0.2, 0.25) is 0 Å². The van der Waals surface area contributed by atoms with Gasteiger partial charge in [-0.1, -0.05) is 36.4 Å². The molecule has 0 atom stereocenters. The standard InChI is InChI=1S/C24H23N3O2/c28-15-16-29-22-10-8-21(9-11-22)24-23(20-6-2-1-3-7-20)26-18-27(24)14-12-19-5-4-13-25-17-19/h1-11,13,17-18,28H,12,14-16H2. The van der Waals surface area contributed by atoms with E-state index in [1.165, 1.54) is 5.56 Å². The summed E-state index contributed by atoms with van der Waals surface area (Å²) in [4.78, 5) is 8.94. The predicted molar refractivity (Wildman–Crippen MR) is 114 cm³/mol. The van der Waals surface area contributed by atoms with Gasteiger partial charge in [0.05, 0.1) is 24.3 Å². The molecule has 0 saturated heterocycles. The predicted octanol–water partition coefficient (Wildman–Crippen LogP) is 4.23. The van der Waals surface area contributed by atoms with Crippen LogP contribution in [0.3, 0.4) is 0 Å². The third-order valence-corrected chi connectivity index (χ3v) is 4.74. The first-order chi connectivity index (χ1) is 14.3. The number of aryl methyl sites for hydroxylation is 2. The van der Waals surface area contributed by atoms with E-state index in [-0.39, 0.29) is 13.2 Å². The highest BCUT2D eigenvalue weighted by molar-refractivity contribution is 5.78. The number of nitrogens with zero attached hydrogens (tertiary/aromatic N) is 3. The largest absolute Gasteiger partial charge is 0.491 e. The molecule has 1 N–H and O–H groups in total. The summed E-state index contributed by atoms with van der Waals surface area (Å²) >= 11 is 0. The Morgan fingerprint density at radius 2 is 1.72 bits per heavy atom. The van der Waals surface area contributed by atoms with Crippen LogP contribution >= 0.6 is 0 Å². The molecule has 0 aliphatic rings. The second-order valence-corrected chi connectivity index (χ2v) is 6.71. The second-order valence-electron chi connectivity index (χ2n) is 6.71. The lowest BCUT2D eigenvalue weighted by atomic mass is 10.0. The number of benzene rings is 2. The van der Waals surface area contributed by atoms with E-state index in [1.807, 2.05) is 61.1 Å². The molecule has 5 nitrogen and oxygen atoms in total. The van der Waals surface area contributed by atoms with Crippen molar-refractivity contribution in [3.63, 3.8) is 0 Å². The maximum Gasteiger partial charge on any atom is 0.119 e. The van der Waals surface area contributed by atoms with Gasteiger partial charge in [0.15, 0.2) is 0 Å². The zero-order chi connectivity index (χ0) is 19.9. The molecule has 0 aliphatic heterocycles. The molecule has 0 aliphatic carbocycles. The molecule has 4 rings (SSSR count). The highest BCUT2D eigenvalue weighted by Gasteiger charge is 2.15. The smallest absolute Gasteiger partial charge is 0.119 e. The summed E-state index contributed by atoms with van der Waals surface area (Å²) < 4.78 is 7.69. The number of hydrogen-bond donors (Lipinski definition) is 1. The monoisotopic (exact) mass is 385 g/mol. The summed E-state index contributed by atoms with van der Waals surface area (Å²) in [6.07, 6.45) is 6.48. The molecule has 0 amide bonds. The summed E-state index contributed by atoms with van der Waals surface area (Å²) in [5.74, 6) is 0.741. The van der Waals surface area contributed by atoms with E-state index >= 15 is 0 Å². The van der Waals surface area contributed by atoms with Gasteiger partial charge in [0.2, 0.25) is 0 Å². The maximum absolute atomic E-state index is 8.94. The Labute approximate surface area is 170 Å². The zero-order valence-corrected chi connectivity index (χ0v) is 16.1. The van der Waals surface area contributed by atoms with Gasteiger partial charge in [-0.3, -0.25) is 4.98 Å². The van der Waals surface area contributed by atoms with E-state index in [0.717, 1.165) is 41.2 Å². The number of hydrogen-bond acceptors (Lipinski definition) is 4. The van der Waals surface area contributed by atoms with Crippen LogP contribution in [-0.2, 0) is 13.0 Å². The second kappa shape index (κ2) is 9.17. The van der Waals surface area contributed by atoms with E-state index in [2.05, 4.69) is 27.8 Å². The van der Waals surface area contributed by atoms with Gasteiger partial charge < -0.3 is 14.4 Å². The third-order valence-electron chi connectivity index (χ3n) is 4.74. The first-order valence-electron chi connectivity index (χ1n) is 9.68. The van der Waals surface area contributed by atoms with Crippen LogP contribution in [-0.4, -0.2) is 32.9 Å². The molecule has 2 aromatic heterocycles. The van der Waals surface area contributed by atoms with Crippen molar-refractivity contribution in [3.8, 4) is 28.3 Å². The van der Waals surface area contributed by atoms with E-state index in [4.69, 9.17) is 14.8 Å². The van der Waals surface area contributed by atoms with Crippen LogP contribution in [0.4, 0.5) is 0 Å². The van der Waals surface area contributed by atoms with Crippen LogP contribution in [0.25, 0.3) is 22.5 Å². The Morgan fingerprint density at radius 1 is 0.897 bits per heavy atom. The summed E-state index contributed by atoms with van der Waals surface area (Å²) in [5.41, 5.74) is 5.39. The Bertz CT molecular complexity index is 1030. The Morgan fingerprint density at radius 3 is 2.45 bits per heavy atom. The Kier molecular flexibility index (Phi) is 5.98. The van der Waals surface area contributed by atoms with E-state index in [0.29, 0.717) is 0 Å². The van der Waals surface area contributed by atoms with Gasteiger partial charge >= 0.3 is 0 Å². The molecule has 0 unspecified atom stereocenters. The van der Waals surface area contributed by atoms with Crippen molar-refractivity contribution in [1.82, 2.24) is 14.5 Å². The zero-order valence-electron chi connectivity index (χ0n) is 16.1. The van der Waals surface area contributed by atoms with E-state index in [9.17, 15) is 0 Å².